The van der Waals surface area contributed by atoms with Gasteiger partial charge in [-0.25, -0.2) is 4.39 Å². The molecule has 3 atom stereocenters. The first-order valence-electron chi connectivity index (χ1n) is 8.28. The van der Waals surface area contributed by atoms with Crippen LogP contribution in [0.4, 0.5) is 4.39 Å². The van der Waals surface area contributed by atoms with E-state index in [-0.39, 0.29) is 24.1 Å². The Hall–Kier alpha value is -2.40. The number of halogens is 1. The lowest BCUT2D eigenvalue weighted by molar-refractivity contribution is -0.122. The molecular weight excluding hydrogens is 321 g/mol. The highest BCUT2D eigenvalue weighted by Crippen LogP contribution is 2.23. The Labute approximate surface area is 147 Å². The molecule has 0 radical (unpaired) electrons. The molecule has 2 N–H and O–H groups in total. The number of ether oxygens (including phenoxy) is 1. The number of hydrogen-bond acceptors (Lipinski definition) is 3. The Morgan fingerprint density at radius 3 is 2.40 bits per heavy atom. The van der Waals surface area contributed by atoms with Gasteiger partial charge in [0.15, 0.2) is 0 Å². The predicted molar refractivity (Wildman–Crippen MR) is 95.0 cm³/mol. The van der Waals surface area contributed by atoms with Crippen LogP contribution in [0.1, 0.15) is 43.4 Å². The highest BCUT2D eigenvalue weighted by Gasteiger charge is 2.20. The van der Waals surface area contributed by atoms with E-state index in [0.717, 1.165) is 0 Å². The Morgan fingerprint density at radius 2 is 1.80 bits per heavy atom. The van der Waals surface area contributed by atoms with Gasteiger partial charge in [0.2, 0.25) is 5.91 Å². The van der Waals surface area contributed by atoms with Crippen LogP contribution in [-0.2, 0) is 4.79 Å². The maximum Gasteiger partial charge on any atom is 0.220 e. The molecule has 0 bridgehead atoms. The summed E-state index contributed by atoms with van der Waals surface area (Å²) in [5.74, 6) is -0.0807. The van der Waals surface area contributed by atoms with Gasteiger partial charge in [0, 0.05) is 6.42 Å². The van der Waals surface area contributed by atoms with Crippen molar-refractivity contribution in [3.63, 3.8) is 0 Å². The molecule has 0 heterocycles. The van der Waals surface area contributed by atoms with E-state index in [1.165, 1.54) is 6.07 Å². The monoisotopic (exact) mass is 345 g/mol. The molecule has 3 unspecified atom stereocenters. The van der Waals surface area contributed by atoms with E-state index in [1.807, 2.05) is 6.92 Å². The van der Waals surface area contributed by atoms with E-state index >= 15 is 0 Å². The van der Waals surface area contributed by atoms with E-state index < -0.39 is 12.1 Å². The normalized spacial score (nSPS) is 14.4. The highest BCUT2D eigenvalue weighted by molar-refractivity contribution is 5.77. The van der Waals surface area contributed by atoms with Gasteiger partial charge in [0.25, 0.3) is 0 Å². The van der Waals surface area contributed by atoms with Crippen LogP contribution in [0.5, 0.6) is 5.75 Å². The third-order valence-electron chi connectivity index (χ3n) is 4.25. The van der Waals surface area contributed by atoms with Gasteiger partial charge < -0.3 is 15.2 Å². The molecule has 2 aromatic carbocycles. The number of amides is 1. The summed E-state index contributed by atoms with van der Waals surface area (Å²) in [5, 5.41) is 13.2. The van der Waals surface area contributed by atoms with Crippen molar-refractivity contribution in [2.75, 3.05) is 7.11 Å². The van der Waals surface area contributed by atoms with Gasteiger partial charge in [-0.05, 0) is 42.2 Å². The van der Waals surface area contributed by atoms with Gasteiger partial charge in [-0.1, -0.05) is 37.3 Å². The Bertz CT molecular complexity index is 702. The molecule has 134 valence electrons. The SMILES string of the molecule is COc1ccc(C(O)C(C)NC(=O)CC(C)c2ccccc2F)cc1. The van der Waals surface area contributed by atoms with Crippen LogP contribution in [0.3, 0.4) is 0 Å². The van der Waals surface area contributed by atoms with E-state index in [1.54, 1.807) is 56.5 Å². The van der Waals surface area contributed by atoms with Crippen LogP contribution in [-0.4, -0.2) is 24.2 Å². The van der Waals surface area contributed by atoms with Crippen LogP contribution < -0.4 is 10.1 Å². The summed E-state index contributed by atoms with van der Waals surface area (Å²) in [6, 6.07) is 13.0. The molecule has 0 fully saturated rings. The summed E-state index contributed by atoms with van der Waals surface area (Å²) in [7, 11) is 1.57. The molecule has 0 aromatic heterocycles. The number of rotatable bonds is 7. The fourth-order valence-corrected chi connectivity index (χ4v) is 2.74. The van der Waals surface area contributed by atoms with Crippen LogP contribution in [0.25, 0.3) is 0 Å². The van der Waals surface area contributed by atoms with Gasteiger partial charge in [0.05, 0.1) is 19.3 Å². The lowest BCUT2D eigenvalue weighted by Crippen LogP contribution is -2.37. The summed E-state index contributed by atoms with van der Waals surface area (Å²) in [5.41, 5.74) is 1.21. The molecule has 0 aliphatic heterocycles. The van der Waals surface area contributed by atoms with E-state index in [9.17, 15) is 14.3 Å². The molecule has 0 aliphatic rings. The van der Waals surface area contributed by atoms with Crippen molar-refractivity contribution in [2.45, 2.75) is 38.3 Å². The summed E-state index contributed by atoms with van der Waals surface area (Å²) < 4.78 is 18.9. The van der Waals surface area contributed by atoms with Crippen molar-refractivity contribution in [2.24, 2.45) is 0 Å². The lowest BCUT2D eigenvalue weighted by Gasteiger charge is -2.22. The van der Waals surface area contributed by atoms with Gasteiger partial charge in [-0.15, -0.1) is 0 Å². The number of aliphatic hydroxyl groups is 1. The molecule has 0 aliphatic carbocycles. The number of hydrogen-bond donors (Lipinski definition) is 2. The Balaban J connectivity index is 1.93. The van der Waals surface area contributed by atoms with E-state index in [0.29, 0.717) is 16.9 Å². The minimum atomic E-state index is -0.835. The average Bonchev–Trinajstić information content (AvgIpc) is 2.61. The zero-order valence-electron chi connectivity index (χ0n) is 14.7. The molecular formula is C20H24FNO3. The quantitative estimate of drug-likeness (QED) is 0.807. The highest BCUT2D eigenvalue weighted by atomic mass is 19.1. The second-order valence-corrected chi connectivity index (χ2v) is 6.20. The third-order valence-corrected chi connectivity index (χ3v) is 4.25. The Kier molecular flexibility index (Phi) is 6.53. The molecule has 0 spiro atoms. The summed E-state index contributed by atoms with van der Waals surface area (Å²) in [6.45, 7) is 3.54. The maximum atomic E-state index is 13.8. The zero-order chi connectivity index (χ0) is 18.4. The summed E-state index contributed by atoms with van der Waals surface area (Å²) in [4.78, 5) is 12.2. The van der Waals surface area contributed by atoms with Crippen LogP contribution in [0, 0.1) is 5.82 Å². The first-order chi connectivity index (χ1) is 11.9. The Morgan fingerprint density at radius 1 is 1.16 bits per heavy atom. The van der Waals surface area contributed by atoms with E-state index in [4.69, 9.17) is 4.74 Å². The summed E-state index contributed by atoms with van der Waals surface area (Å²) in [6.07, 6.45) is -0.681. The molecule has 4 nitrogen and oxygen atoms in total. The molecule has 25 heavy (non-hydrogen) atoms. The fraction of sp³-hybridized carbons (Fsp3) is 0.350. The smallest absolute Gasteiger partial charge is 0.220 e. The first kappa shape index (κ1) is 18.9. The third kappa shape index (κ3) is 5.03. The minimum absolute atomic E-state index is 0.153. The largest absolute Gasteiger partial charge is 0.497 e. The molecule has 2 rings (SSSR count). The van der Waals surface area contributed by atoms with E-state index in [2.05, 4.69) is 5.32 Å². The number of carbonyl (C=O) groups excluding carboxylic acids is 1. The zero-order valence-corrected chi connectivity index (χ0v) is 14.7. The van der Waals surface area contributed by atoms with Crippen molar-refractivity contribution >= 4 is 5.91 Å². The van der Waals surface area contributed by atoms with Crippen LogP contribution in [0.15, 0.2) is 48.5 Å². The standard InChI is InChI=1S/C20H24FNO3/c1-13(17-6-4-5-7-18(17)21)12-19(23)22-14(2)20(24)15-8-10-16(25-3)11-9-15/h4-11,13-14,20,24H,12H2,1-3H3,(H,22,23). The van der Waals surface area contributed by atoms with Crippen LogP contribution >= 0.6 is 0 Å². The average molecular weight is 345 g/mol. The second-order valence-electron chi connectivity index (χ2n) is 6.20. The predicted octanol–water partition coefficient (Wildman–Crippen LogP) is 3.57. The molecule has 2 aromatic rings. The van der Waals surface area contributed by atoms with Crippen molar-refractivity contribution in [1.82, 2.24) is 5.32 Å². The number of methoxy groups -OCH3 is 1. The fourth-order valence-electron chi connectivity index (χ4n) is 2.74. The van der Waals surface area contributed by atoms with Gasteiger partial charge in [-0.3, -0.25) is 4.79 Å². The van der Waals surface area contributed by atoms with Crippen molar-refractivity contribution in [3.8, 4) is 5.75 Å². The van der Waals surface area contributed by atoms with Gasteiger partial charge >= 0.3 is 0 Å². The van der Waals surface area contributed by atoms with Crippen LogP contribution in [0.2, 0.25) is 0 Å². The molecule has 0 saturated heterocycles. The van der Waals surface area contributed by atoms with Gasteiger partial charge in [-0.2, -0.15) is 0 Å². The molecule has 0 saturated carbocycles. The number of aliphatic hydroxyl groups excluding tert-OH is 1. The summed E-state index contributed by atoms with van der Waals surface area (Å²) >= 11 is 0. The molecule has 5 heteroatoms. The van der Waals surface area contributed by atoms with Crippen molar-refractivity contribution in [3.05, 3.63) is 65.5 Å². The lowest BCUT2D eigenvalue weighted by atomic mass is 9.96. The number of carbonyl (C=O) groups is 1. The topological polar surface area (TPSA) is 58.6 Å². The minimum Gasteiger partial charge on any atom is -0.497 e. The van der Waals surface area contributed by atoms with Gasteiger partial charge in [0.1, 0.15) is 11.6 Å². The van der Waals surface area contributed by atoms with Crippen molar-refractivity contribution < 1.29 is 19.0 Å². The second kappa shape index (κ2) is 8.62. The number of nitrogens with one attached hydrogen (secondary N) is 1. The molecule has 1 amide bonds. The first-order valence-corrected chi connectivity index (χ1v) is 8.28. The van der Waals surface area contributed by atoms with Crippen molar-refractivity contribution in [1.29, 1.82) is 0 Å². The maximum absolute atomic E-state index is 13.8. The number of benzene rings is 2.